The van der Waals surface area contributed by atoms with Gasteiger partial charge in [-0.15, -0.1) is 11.4 Å². The molecule has 0 atom stereocenters. The summed E-state index contributed by atoms with van der Waals surface area (Å²) in [6, 6.07) is 0. The summed E-state index contributed by atoms with van der Waals surface area (Å²) in [4.78, 5) is 0. The largest absolute Gasteiger partial charge is 0.144 e. The minimum Gasteiger partial charge on any atom is -0.106 e. The maximum atomic E-state index is 5.26. The van der Waals surface area contributed by atoms with E-state index in [1.165, 1.54) is 11.4 Å². The van der Waals surface area contributed by atoms with Crippen molar-refractivity contribution in [3.8, 4) is 0 Å². The second-order valence-electron chi connectivity index (χ2n) is 0.384. The molecule has 0 aromatic heterocycles. The first-order chi connectivity index (χ1) is 2.27. The predicted molar refractivity (Wildman–Crippen MR) is 32.1 cm³/mol. The van der Waals surface area contributed by atoms with Crippen molar-refractivity contribution in [3.63, 3.8) is 0 Å². The molecule has 0 amide bonds. The molecule has 0 aliphatic rings. The summed E-state index contributed by atoms with van der Waals surface area (Å²) in [5.41, 5.74) is 0. The van der Waals surface area contributed by atoms with Crippen molar-refractivity contribution in [1.82, 2.24) is 0 Å². The van der Waals surface area contributed by atoms with Crippen LogP contribution in [0.3, 0.4) is 0 Å². The second kappa shape index (κ2) is 3.55. The standard InChI is InChI=1S/CH3Cl2PS/c1-5-4(2)3/h1H3. The first-order valence-electron chi connectivity index (χ1n) is 0.929. The van der Waals surface area contributed by atoms with Gasteiger partial charge in [0.25, 0.3) is 0 Å². The summed E-state index contributed by atoms with van der Waals surface area (Å²) >= 11 is 12.0. The van der Waals surface area contributed by atoms with Crippen molar-refractivity contribution in [3.05, 3.63) is 0 Å². The van der Waals surface area contributed by atoms with Crippen LogP contribution in [0.5, 0.6) is 0 Å². The van der Waals surface area contributed by atoms with Crippen LogP contribution in [0.2, 0.25) is 0 Å². The van der Waals surface area contributed by atoms with Crippen LogP contribution in [0, 0.1) is 0 Å². The van der Waals surface area contributed by atoms with Crippen molar-refractivity contribution >= 4 is 39.7 Å². The van der Waals surface area contributed by atoms with Gasteiger partial charge >= 0.3 is 0 Å². The summed E-state index contributed by atoms with van der Waals surface area (Å²) in [6.07, 6.45) is 1.88. The number of rotatable bonds is 1. The molecule has 0 N–H and O–H groups in total. The number of hydrogen-bond acceptors (Lipinski definition) is 1. The molecule has 5 heavy (non-hydrogen) atoms. The molecular weight excluding hydrogens is 146 g/mol. The van der Waals surface area contributed by atoms with Crippen molar-refractivity contribution in [2.24, 2.45) is 0 Å². The van der Waals surface area contributed by atoms with Crippen molar-refractivity contribution < 1.29 is 0 Å². The Bertz CT molecular complexity index is 23.6. The Kier molecular flexibility index (Phi) is 4.51. The van der Waals surface area contributed by atoms with Crippen LogP contribution in [0.15, 0.2) is 0 Å². The lowest BCUT2D eigenvalue weighted by Crippen LogP contribution is -1.24. The van der Waals surface area contributed by atoms with Gasteiger partial charge in [-0.2, -0.15) is 0 Å². The van der Waals surface area contributed by atoms with E-state index in [1.54, 1.807) is 0 Å². The van der Waals surface area contributed by atoms with Crippen molar-refractivity contribution in [1.29, 1.82) is 0 Å². The normalized spacial score (nSPS) is 9.60. The SMILES string of the molecule is CSP(Cl)Cl. The van der Waals surface area contributed by atoms with E-state index in [1.807, 2.05) is 6.26 Å². The van der Waals surface area contributed by atoms with Crippen LogP contribution < -0.4 is 0 Å². The molecule has 0 saturated heterocycles. The van der Waals surface area contributed by atoms with E-state index < -0.39 is 5.83 Å². The third-order valence-corrected chi connectivity index (χ3v) is 3.73. The number of halogens is 2. The van der Waals surface area contributed by atoms with Gasteiger partial charge < -0.3 is 0 Å². The lowest BCUT2D eigenvalue weighted by molar-refractivity contribution is 2.54. The van der Waals surface area contributed by atoms with E-state index in [2.05, 4.69) is 0 Å². The van der Waals surface area contributed by atoms with E-state index in [4.69, 9.17) is 22.5 Å². The third kappa shape index (κ3) is 5.36. The van der Waals surface area contributed by atoms with Gasteiger partial charge in [0.15, 0.2) is 0 Å². The third-order valence-electron chi connectivity index (χ3n) is 0.138. The molecule has 32 valence electrons. The van der Waals surface area contributed by atoms with Crippen molar-refractivity contribution in [2.45, 2.75) is 0 Å². The zero-order chi connectivity index (χ0) is 4.28. The quantitative estimate of drug-likeness (QED) is 0.516. The molecular formula is CH3Cl2PS. The van der Waals surface area contributed by atoms with Crippen LogP contribution in [-0.4, -0.2) is 6.26 Å². The Morgan fingerprint density at radius 2 is 1.80 bits per heavy atom. The summed E-state index contributed by atoms with van der Waals surface area (Å²) in [5.74, 6) is -0.737. The van der Waals surface area contributed by atoms with Gasteiger partial charge in [0.05, 0.1) is 0 Å². The summed E-state index contributed by atoms with van der Waals surface area (Å²) in [6.45, 7) is 0. The highest BCUT2D eigenvalue weighted by atomic mass is 35.9. The predicted octanol–water partition coefficient (Wildman–Crippen LogP) is 3.05. The van der Waals surface area contributed by atoms with Gasteiger partial charge in [0.2, 0.25) is 0 Å². The van der Waals surface area contributed by atoms with Gasteiger partial charge in [-0.05, 0) is 6.26 Å². The zero-order valence-corrected chi connectivity index (χ0v) is 5.83. The molecule has 0 radical (unpaired) electrons. The molecule has 0 aromatic rings. The summed E-state index contributed by atoms with van der Waals surface area (Å²) in [7, 11) is 0. The zero-order valence-electron chi connectivity index (χ0n) is 2.61. The highest BCUT2D eigenvalue weighted by Gasteiger charge is 1.87. The number of hydrogen-bond donors (Lipinski definition) is 0. The van der Waals surface area contributed by atoms with Crippen molar-refractivity contribution in [2.75, 3.05) is 6.26 Å². The van der Waals surface area contributed by atoms with Crippen LogP contribution in [0.1, 0.15) is 0 Å². The smallest absolute Gasteiger partial charge is 0.106 e. The van der Waals surface area contributed by atoms with E-state index in [0.717, 1.165) is 0 Å². The lowest BCUT2D eigenvalue weighted by atomic mass is 12.0. The maximum Gasteiger partial charge on any atom is 0.144 e. The average Bonchev–Trinajstić information content (AvgIpc) is 1.38. The Morgan fingerprint density at radius 1 is 1.60 bits per heavy atom. The topological polar surface area (TPSA) is 0 Å². The molecule has 0 bridgehead atoms. The van der Waals surface area contributed by atoms with E-state index in [-0.39, 0.29) is 0 Å². The minimum atomic E-state index is -0.737. The molecule has 0 heterocycles. The minimum absolute atomic E-state index is 0.737. The Balaban J connectivity index is 2.54. The molecule has 0 aromatic carbocycles. The van der Waals surface area contributed by atoms with Gasteiger partial charge in [0.1, 0.15) is 5.83 Å². The van der Waals surface area contributed by atoms with Crippen LogP contribution in [0.4, 0.5) is 0 Å². The average molecular weight is 149 g/mol. The highest BCUT2D eigenvalue weighted by Crippen LogP contribution is 2.57. The van der Waals surface area contributed by atoms with E-state index in [9.17, 15) is 0 Å². The Labute approximate surface area is 46.3 Å². The monoisotopic (exact) mass is 148 g/mol. The summed E-state index contributed by atoms with van der Waals surface area (Å²) in [5, 5.41) is 0. The van der Waals surface area contributed by atoms with Crippen LogP contribution in [-0.2, 0) is 0 Å². The summed E-state index contributed by atoms with van der Waals surface area (Å²) < 4.78 is 0. The maximum absolute atomic E-state index is 5.26. The molecule has 0 unspecified atom stereocenters. The first kappa shape index (κ1) is 6.36. The fourth-order valence-electron chi connectivity index (χ4n) is 0. The van der Waals surface area contributed by atoms with Gasteiger partial charge in [-0.3, -0.25) is 0 Å². The highest BCUT2D eigenvalue weighted by molar-refractivity contribution is 8.69. The Hall–Kier alpha value is 1.36. The molecule has 0 saturated carbocycles. The van der Waals surface area contributed by atoms with E-state index in [0.29, 0.717) is 0 Å². The first-order valence-corrected chi connectivity index (χ1v) is 5.91. The van der Waals surface area contributed by atoms with Gasteiger partial charge in [-0.25, -0.2) is 0 Å². The van der Waals surface area contributed by atoms with Gasteiger partial charge in [0, 0.05) is 0 Å². The fourth-order valence-corrected chi connectivity index (χ4v) is 0. The van der Waals surface area contributed by atoms with Gasteiger partial charge in [-0.1, -0.05) is 22.5 Å². The molecule has 0 aliphatic heterocycles. The molecule has 0 spiro atoms. The molecule has 0 rings (SSSR count). The molecule has 0 nitrogen and oxygen atoms in total. The lowest BCUT2D eigenvalue weighted by Gasteiger charge is -1.83. The molecule has 0 fully saturated rings. The second-order valence-corrected chi connectivity index (χ2v) is 7.09. The molecule has 4 heteroatoms. The Morgan fingerprint density at radius 3 is 1.80 bits per heavy atom. The fraction of sp³-hybridized carbons (Fsp3) is 1.00. The van der Waals surface area contributed by atoms with Crippen LogP contribution >= 0.6 is 39.7 Å². The van der Waals surface area contributed by atoms with Crippen LogP contribution in [0.25, 0.3) is 0 Å². The molecule has 0 aliphatic carbocycles. The van der Waals surface area contributed by atoms with E-state index >= 15 is 0 Å².